The largest absolute Gasteiger partial charge is 0.497 e. The summed E-state index contributed by atoms with van der Waals surface area (Å²) in [5, 5.41) is 20.2. The van der Waals surface area contributed by atoms with Crippen molar-refractivity contribution in [3.05, 3.63) is 69.3 Å². The molecule has 1 unspecified atom stereocenters. The minimum absolute atomic E-state index is 0.0127. The fraction of sp³-hybridized carbons (Fsp3) is 0.235. The minimum Gasteiger partial charge on any atom is -0.497 e. The van der Waals surface area contributed by atoms with Gasteiger partial charge in [-0.3, -0.25) is 14.9 Å². The molecule has 6 nitrogen and oxygen atoms in total. The molecular formula is C17H17NO5. The number of carboxylic acids is 1. The van der Waals surface area contributed by atoms with Gasteiger partial charge >= 0.3 is 5.97 Å². The molecule has 1 N–H and O–H groups in total. The Hall–Kier alpha value is -2.89. The third-order valence-corrected chi connectivity index (χ3v) is 3.74. The summed E-state index contributed by atoms with van der Waals surface area (Å²) >= 11 is 0. The van der Waals surface area contributed by atoms with Crippen LogP contribution < -0.4 is 4.74 Å². The molecule has 2 rings (SSSR count). The maximum atomic E-state index is 11.6. The van der Waals surface area contributed by atoms with Gasteiger partial charge in [0, 0.05) is 12.1 Å². The summed E-state index contributed by atoms with van der Waals surface area (Å²) in [5.74, 6) is -0.982. The Kier molecular flexibility index (Phi) is 4.95. The fourth-order valence-electron chi connectivity index (χ4n) is 2.49. The van der Waals surface area contributed by atoms with Gasteiger partial charge in [0.25, 0.3) is 5.69 Å². The smallest absolute Gasteiger partial charge is 0.311 e. The molecule has 0 heterocycles. The van der Waals surface area contributed by atoms with Crippen LogP contribution in [-0.2, 0) is 11.2 Å². The summed E-state index contributed by atoms with van der Waals surface area (Å²) in [6, 6.07) is 11.2. The molecule has 1 atom stereocenters. The standard InChI is InChI=1S/C17H17NO5/c1-11-9-14(23-2)7-8-15(11)16(17(19)20)10-12-3-5-13(6-4-12)18(21)22/h3-9,16H,10H2,1-2H3,(H,19,20). The second kappa shape index (κ2) is 6.91. The van der Waals surface area contributed by atoms with Gasteiger partial charge < -0.3 is 9.84 Å². The van der Waals surface area contributed by atoms with Crippen LogP contribution >= 0.6 is 0 Å². The van der Waals surface area contributed by atoms with Gasteiger partial charge in [0.2, 0.25) is 0 Å². The first-order valence-corrected chi connectivity index (χ1v) is 7.03. The fourth-order valence-corrected chi connectivity index (χ4v) is 2.49. The zero-order valence-electron chi connectivity index (χ0n) is 12.9. The lowest BCUT2D eigenvalue weighted by Crippen LogP contribution is -2.15. The molecule has 0 aliphatic heterocycles. The van der Waals surface area contributed by atoms with E-state index in [0.29, 0.717) is 11.3 Å². The molecule has 0 bridgehead atoms. The molecule has 0 aromatic heterocycles. The Morgan fingerprint density at radius 3 is 2.39 bits per heavy atom. The van der Waals surface area contributed by atoms with Crippen LogP contribution in [-0.4, -0.2) is 23.1 Å². The van der Waals surface area contributed by atoms with Gasteiger partial charge in [-0.2, -0.15) is 0 Å². The lowest BCUT2D eigenvalue weighted by Gasteiger charge is -2.16. The molecule has 2 aromatic carbocycles. The van der Waals surface area contributed by atoms with Crippen LogP contribution in [0.5, 0.6) is 5.75 Å². The number of aryl methyl sites for hydroxylation is 1. The number of hydrogen-bond acceptors (Lipinski definition) is 4. The number of benzene rings is 2. The normalized spacial score (nSPS) is 11.7. The van der Waals surface area contributed by atoms with Gasteiger partial charge in [-0.15, -0.1) is 0 Å². The zero-order chi connectivity index (χ0) is 17.0. The number of aliphatic carboxylic acids is 1. The number of methoxy groups -OCH3 is 1. The molecule has 0 aliphatic carbocycles. The monoisotopic (exact) mass is 315 g/mol. The van der Waals surface area contributed by atoms with E-state index in [9.17, 15) is 20.0 Å². The van der Waals surface area contributed by atoms with Gasteiger partial charge in [-0.1, -0.05) is 18.2 Å². The van der Waals surface area contributed by atoms with E-state index in [4.69, 9.17) is 4.74 Å². The van der Waals surface area contributed by atoms with E-state index in [2.05, 4.69) is 0 Å². The molecule has 2 aromatic rings. The van der Waals surface area contributed by atoms with Crippen LogP contribution in [0.2, 0.25) is 0 Å². The van der Waals surface area contributed by atoms with Crippen molar-refractivity contribution < 1.29 is 19.6 Å². The minimum atomic E-state index is -0.934. The zero-order valence-corrected chi connectivity index (χ0v) is 12.9. The first-order valence-electron chi connectivity index (χ1n) is 7.03. The van der Waals surface area contributed by atoms with E-state index in [1.54, 1.807) is 37.4 Å². The molecule has 0 radical (unpaired) electrons. The van der Waals surface area contributed by atoms with Crippen LogP contribution in [0.4, 0.5) is 5.69 Å². The van der Waals surface area contributed by atoms with Gasteiger partial charge in [-0.05, 0) is 42.2 Å². The maximum absolute atomic E-state index is 11.6. The van der Waals surface area contributed by atoms with Crippen molar-refractivity contribution in [3.8, 4) is 5.75 Å². The Bertz CT molecular complexity index is 724. The van der Waals surface area contributed by atoms with Crippen LogP contribution in [0.25, 0.3) is 0 Å². The third-order valence-electron chi connectivity index (χ3n) is 3.74. The van der Waals surface area contributed by atoms with E-state index in [0.717, 1.165) is 11.1 Å². The van der Waals surface area contributed by atoms with Crippen LogP contribution in [0.3, 0.4) is 0 Å². The van der Waals surface area contributed by atoms with Crippen molar-refractivity contribution >= 4 is 11.7 Å². The van der Waals surface area contributed by atoms with Gasteiger partial charge in [-0.25, -0.2) is 0 Å². The molecular weight excluding hydrogens is 298 g/mol. The van der Waals surface area contributed by atoms with Crippen molar-refractivity contribution in [2.75, 3.05) is 7.11 Å². The number of carbonyl (C=O) groups is 1. The number of rotatable bonds is 6. The molecule has 120 valence electrons. The van der Waals surface area contributed by atoms with E-state index in [-0.39, 0.29) is 12.1 Å². The summed E-state index contributed by atoms with van der Waals surface area (Å²) in [6.07, 6.45) is 0.264. The van der Waals surface area contributed by atoms with Crippen LogP contribution in [0, 0.1) is 17.0 Å². The number of nitro benzene ring substituents is 1. The average molecular weight is 315 g/mol. The van der Waals surface area contributed by atoms with E-state index in [1.807, 2.05) is 6.92 Å². The topological polar surface area (TPSA) is 89.7 Å². The summed E-state index contributed by atoms with van der Waals surface area (Å²) < 4.78 is 5.13. The Balaban J connectivity index is 2.29. The third kappa shape index (κ3) is 3.85. The SMILES string of the molecule is COc1ccc(C(Cc2ccc([N+](=O)[O-])cc2)C(=O)O)c(C)c1. The average Bonchev–Trinajstić information content (AvgIpc) is 2.53. The maximum Gasteiger partial charge on any atom is 0.311 e. The highest BCUT2D eigenvalue weighted by atomic mass is 16.6. The van der Waals surface area contributed by atoms with Crippen molar-refractivity contribution in [3.63, 3.8) is 0 Å². The van der Waals surface area contributed by atoms with E-state index >= 15 is 0 Å². The van der Waals surface area contributed by atoms with Crippen molar-refractivity contribution in [2.45, 2.75) is 19.3 Å². The second-order valence-corrected chi connectivity index (χ2v) is 5.24. The first kappa shape index (κ1) is 16.5. The Morgan fingerprint density at radius 2 is 1.91 bits per heavy atom. The summed E-state index contributed by atoms with van der Waals surface area (Å²) in [7, 11) is 1.56. The van der Waals surface area contributed by atoms with Gasteiger partial charge in [0.05, 0.1) is 18.0 Å². The Labute approximate surface area is 133 Å². The van der Waals surface area contributed by atoms with Crippen molar-refractivity contribution in [1.29, 1.82) is 0 Å². The molecule has 0 spiro atoms. The second-order valence-electron chi connectivity index (χ2n) is 5.24. The molecule has 0 saturated carbocycles. The molecule has 0 aliphatic rings. The summed E-state index contributed by atoms with van der Waals surface area (Å²) in [6.45, 7) is 1.84. The molecule has 23 heavy (non-hydrogen) atoms. The predicted molar refractivity (Wildman–Crippen MR) is 84.9 cm³/mol. The highest BCUT2D eigenvalue weighted by Gasteiger charge is 2.22. The summed E-state index contributed by atoms with van der Waals surface area (Å²) in [4.78, 5) is 21.8. The van der Waals surface area contributed by atoms with Crippen molar-refractivity contribution in [1.82, 2.24) is 0 Å². The van der Waals surface area contributed by atoms with Gasteiger partial charge in [0.1, 0.15) is 5.75 Å². The molecule has 0 saturated heterocycles. The Morgan fingerprint density at radius 1 is 1.26 bits per heavy atom. The molecule has 0 fully saturated rings. The lowest BCUT2D eigenvalue weighted by atomic mass is 9.89. The predicted octanol–water partition coefficient (Wildman–Crippen LogP) is 3.32. The van der Waals surface area contributed by atoms with Crippen molar-refractivity contribution in [2.24, 2.45) is 0 Å². The highest BCUT2D eigenvalue weighted by Crippen LogP contribution is 2.28. The molecule has 6 heteroatoms. The number of ether oxygens (including phenoxy) is 1. The van der Waals surface area contributed by atoms with Gasteiger partial charge in [0.15, 0.2) is 0 Å². The van der Waals surface area contributed by atoms with E-state index < -0.39 is 16.8 Å². The number of nitro groups is 1. The number of nitrogens with zero attached hydrogens (tertiary/aromatic N) is 1. The first-order chi connectivity index (χ1) is 10.9. The molecule has 0 amide bonds. The quantitative estimate of drug-likeness (QED) is 0.652. The number of non-ortho nitro benzene ring substituents is 1. The summed E-state index contributed by atoms with van der Waals surface area (Å²) in [5.41, 5.74) is 2.26. The van der Waals surface area contributed by atoms with Crippen LogP contribution in [0.15, 0.2) is 42.5 Å². The lowest BCUT2D eigenvalue weighted by molar-refractivity contribution is -0.384. The highest BCUT2D eigenvalue weighted by molar-refractivity contribution is 5.77. The van der Waals surface area contributed by atoms with Crippen LogP contribution in [0.1, 0.15) is 22.6 Å². The number of hydrogen-bond donors (Lipinski definition) is 1. The van der Waals surface area contributed by atoms with E-state index in [1.165, 1.54) is 12.1 Å². The number of carboxylic acid groups (broad SMARTS) is 1.